The molecule has 1 aromatic heterocycles. The van der Waals surface area contributed by atoms with Gasteiger partial charge in [0.05, 0.1) is 0 Å². The number of carbonyl (C=O) groups excluding carboxylic acids is 1. The Balaban J connectivity index is 2.17. The van der Waals surface area contributed by atoms with Crippen molar-refractivity contribution in [2.24, 2.45) is 0 Å². The summed E-state index contributed by atoms with van der Waals surface area (Å²) in [6.07, 6.45) is 10.8. The van der Waals surface area contributed by atoms with Crippen molar-refractivity contribution in [2.45, 2.75) is 78.6 Å². The second-order valence-electron chi connectivity index (χ2n) is 5.73. The molecule has 0 aliphatic heterocycles. The topological polar surface area (TPSA) is 30.0 Å². The molecular formula is C18H29NO. The molecule has 0 aromatic carbocycles. The van der Waals surface area contributed by atoms with Gasteiger partial charge < -0.3 is 0 Å². The van der Waals surface area contributed by atoms with Gasteiger partial charge in [0.2, 0.25) is 0 Å². The Morgan fingerprint density at radius 3 is 2.15 bits per heavy atom. The van der Waals surface area contributed by atoms with Gasteiger partial charge in [-0.2, -0.15) is 0 Å². The highest BCUT2D eigenvalue weighted by molar-refractivity contribution is 5.96. The number of aryl methyl sites for hydroxylation is 2. The van der Waals surface area contributed by atoms with Crippen LogP contribution in [0.4, 0.5) is 0 Å². The highest BCUT2D eigenvalue weighted by Gasteiger charge is 2.09. The first-order valence-corrected chi connectivity index (χ1v) is 8.12. The number of hydrogen-bond donors (Lipinski definition) is 0. The lowest BCUT2D eigenvalue weighted by molar-refractivity contribution is 0.0978. The van der Waals surface area contributed by atoms with Gasteiger partial charge in [-0.1, -0.05) is 51.9 Å². The molecule has 0 saturated carbocycles. The van der Waals surface area contributed by atoms with Crippen LogP contribution in [0.15, 0.2) is 12.1 Å². The summed E-state index contributed by atoms with van der Waals surface area (Å²) in [4.78, 5) is 16.5. The van der Waals surface area contributed by atoms with Crippen molar-refractivity contribution in [3.63, 3.8) is 0 Å². The van der Waals surface area contributed by atoms with E-state index in [9.17, 15) is 4.79 Å². The Kier molecular flexibility index (Phi) is 8.17. The zero-order valence-electron chi connectivity index (χ0n) is 13.4. The summed E-state index contributed by atoms with van der Waals surface area (Å²) in [7, 11) is 0. The molecule has 0 fully saturated rings. The number of aromatic nitrogens is 1. The van der Waals surface area contributed by atoms with Crippen LogP contribution in [-0.4, -0.2) is 10.8 Å². The fraction of sp³-hybridized carbons (Fsp3) is 0.667. The Morgan fingerprint density at radius 1 is 0.950 bits per heavy atom. The van der Waals surface area contributed by atoms with Gasteiger partial charge >= 0.3 is 0 Å². The van der Waals surface area contributed by atoms with E-state index in [1.54, 1.807) is 0 Å². The number of nitrogens with zero attached hydrogens (tertiary/aromatic N) is 1. The molecule has 0 atom stereocenters. The maximum absolute atomic E-state index is 12.1. The fourth-order valence-electron chi connectivity index (χ4n) is 2.54. The van der Waals surface area contributed by atoms with Gasteiger partial charge in [0, 0.05) is 23.4 Å². The Bertz CT molecular complexity index is 412. The number of rotatable bonds is 10. The number of unbranched alkanes of at least 4 members (excludes halogenated alkanes) is 7. The van der Waals surface area contributed by atoms with Gasteiger partial charge in [-0.15, -0.1) is 0 Å². The van der Waals surface area contributed by atoms with Crippen molar-refractivity contribution < 1.29 is 4.79 Å². The largest absolute Gasteiger partial charge is 0.294 e. The monoisotopic (exact) mass is 275 g/mol. The lowest BCUT2D eigenvalue weighted by Crippen LogP contribution is -2.04. The summed E-state index contributed by atoms with van der Waals surface area (Å²) in [6.45, 7) is 6.13. The molecule has 1 aromatic rings. The summed E-state index contributed by atoms with van der Waals surface area (Å²) in [5.74, 6) is 0.251. The quantitative estimate of drug-likeness (QED) is 0.422. The van der Waals surface area contributed by atoms with Gasteiger partial charge in [-0.05, 0) is 32.4 Å². The molecule has 0 aliphatic rings. The Hall–Kier alpha value is -1.18. The van der Waals surface area contributed by atoms with E-state index in [4.69, 9.17) is 0 Å². The van der Waals surface area contributed by atoms with E-state index in [1.807, 2.05) is 26.0 Å². The van der Waals surface area contributed by atoms with Gasteiger partial charge in [-0.3, -0.25) is 9.78 Å². The molecular weight excluding hydrogens is 246 g/mol. The molecule has 2 nitrogen and oxygen atoms in total. The van der Waals surface area contributed by atoms with Crippen molar-refractivity contribution in [1.29, 1.82) is 0 Å². The Labute approximate surface area is 124 Å². The van der Waals surface area contributed by atoms with E-state index < -0.39 is 0 Å². The van der Waals surface area contributed by atoms with E-state index in [-0.39, 0.29) is 5.78 Å². The van der Waals surface area contributed by atoms with Gasteiger partial charge in [0.25, 0.3) is 0 Å². The van der Waals surface area contributed by atoms with Gasteiger partial charge in [0.1, 0.15) is 0 Å². The minimum absolute atomic E-state index is 0.251. The van der Waals surface area contributed by atoms with Crippen LogP contribution in [0.5, 0.6) is 0 Å². The number of pyridine rings is 1. The van der Waals surface area contributed by atoms with Crippen LogP contribution in [0.3, 0.4) is 0 Å². The second kappa shape index (κ2) is 9.68. The molecule has 0 bridgehead atoms. The van der Waals surface area contributed by atoms with Crippen LogP contribution in [0.25, 0.3) is 0 Å². The first kappa shape index (κ1) is 16.9. The van der Waals surface area contributed by atoms with Crippen LogP contribution in [0.2, 0.25) is 0 Å². The molecule has 2 heteroatoms. The average molecular weight is 275 g/mol. The summed E-state index contributed by atoms with van der Waals surface area (Å²) < 4.78 is 0. The Morgan fingerprint density at radius 2 is 1.55 bits per heavy atom. The molecule has 0 spiro atoms. The van der Waals surface area contributed by atoms with Crippen LogP contribution in [0.1, 0.15) is 86.5 Å². The zero-order valence-corrected chi connectivity index (χ0v) is 13.4. The summed E-state index contributed by atoms with van der Waals surface area (Å²) in [5.41, 5.74) is 2.65. The average Bonchev–Trinajstić information content (AvgIpc) is 2.41. The molecule has 0 N–H and O–H groups in total. The summed E-state index contributed by atoms with van der Waals surface area (Å²) in [5, 5.41) is 0. The normalized spacial score (nSPS) is 10.8. The SMILES string of the molecule is CCCCCCCCCCC(=O)c1ccc(C)nc1C. The van der Waals surface area contributed by atoms with Crippen LogP contribution >= 0.6 is 0 Å². The molecule has 1 rings (SSSR count). The van der Waals surface area contributed by atoms with Gasteiger partial charge in [0.15, 0.2) is 5.78 Å². The fourth-order valence-corrected chi connectivity index (χ4v) is 2.54. The third kappa shape index (κ3) is 6.31. The van der Waals surface area contributed by atoms with E-state index in [2.05, 4.69) is 11.9 Å². The maximum Gasteiger partial charge on any atom is 0.164 e. The number of ketones is 1. The minimum Gasteiger partial charge on any atom is -0.294 e. The number of hydrogen-bond acceptors (Lipinski definition) is 2. The van der Waals surface area contributed by atoms with Crippen molar-refractivity contribution in [3.8, 4) is 0 Å². The van der Waals surface area contributed by atoms with Gasteiger partial charge in [-0.25, -0.2) is 0 Å². The van der Waals surface area contributed by atoms with Crippen molar-refractivity contribution in [1.82, 2.24) is 4.98 Å². The zero-order chi connectivity index (χ0) is 14.8. The molecule has 0 unspecified atom stereocenters. The van der Waals surface area contributed by atoms with Crippen LogP contribution in [-0.2, 0) is 0 Å². The van der Waals surface area contributed by atoms with E-state index in [0.717, 1.165) is 23.4 Å². The first-order valence-electron chi connectivity index (χ1n) is 8.12. The van der Waals surface area contributed by atoms with Crippen molar-refractivity contribution in [2.75, 3.05) is 0 Å². The van der Waals surface area contributed by atoms with E-state index >= 15 is 0 Å². The predicted octanol–water partition coefficient (Wildman–Crippen LogP) is 5.41. The molecule has 112 valence electrons. The lowest BCUT2D eigenvalue weighted by Gasteiger charge is -2.05. The highest BCUT2D eigenvalue weighted by Crippen LogP contribution is 2.14. The summed E-state index contributed by atoms with van der Waals surface area (Å²) >= 11 is 0. The smallest absolute Gasteiger partial charge is 0.164 e. The van der Waals surface area contributed by atoms with E-state index in [1.165, 1.54) is 44.9 Å². The highest BCUT2D eigenvalue weighted by atomic mass is 16.1. The molecule has 0 aliphatic carbocycles. The van der Waals surface area contributed by atoms with Crippen LogP contribution < -0.4 is 0 Å². The van der Waals surface area contributed by atoms with Crippen molar-refractivity contribution >= 4 is 5.78 Å². The maximum atomic E-state index is 12.1. The number of Topliss-reactive ketones (excluding diaryl/α,β-unsaturated/α-hetero) is 1. The lowest BCUT2D eigenvalue weighted by atomic mass is 10.0. The second-order valence-corrected chi connectivity index (χ2v) is 5.73. The van der Waals surface area contributed by atoms with E-state index in [0.29, 0.717) is 6.42 Å². The molecule has 20 heavy (non-hydrogen) atoms. The minimum atomic E-state index is 0.251. The molecule has 0 saturated heterocycles. The number of carbonyl (C=O) groups is 1. The van der Waals surface area contributed by atoms with Crippen molar-refractivity contribution in [3.05, 3.63) is 29.1 Å². The molecule has 1 heterocycles. The first-order chi connectivity index (χ1) is 9.65. The third-order valence-electron chi connectivity index (χ3n) is 3.78. The summed E-state index contributed by atoms with van der Waals surface area (Å²) in [6, 6.07) is 3.85. The van der Waals surface area contributed by atoms with Crippen LogP contribution in [0, 0.1) is 13.8 Å². The molecule has 0 radical (unpaired) electrons. The predicted molar refractivity (Wildman–Crippen MR) is 85.3 cm³/mol. The third-order valence-corrected chi connectivity index (χ3v) is 3.78. The molecule has 0 amide bonds. The standard InChI is InChI=1S/C18H29NO/c1-4-5-6-7-8-9-10-11-12-18(20)17-14-13-15(2)19-16(17)3/h13-14H,4-12H2,1-3H3.